The molecule has 114 valence electrons. The molecule has 1 saturated heterocycles. The molecule has 0 amide bonds. The first-order valence-electron chi connectivity index (χ1n) is 7.50. The Morgan fingerprint density at radius 3 is 3.00 bits per heavy atom. The molecular formula is C16H21ClN2OS. The maximum Gasteiger partial charge on any atom is 0.126 e. The standard InChI is InChI=1S/C16H21ClN2OS/c1-2-19-8-7-12(11-19)10-18-16(13-4-3-9-20-13)14-5-6-15(17)21-14/h3-6,9,12,16,18H,2,7-8,10-11H2,1H3. The summed E-state index contributed by atoms with van der Waals surface area (Å²) < 4.78 is 6.43. The molecule has 0 spiro atoms. The van der Waals surface area contributed by atoms with Crippen LogP contribution >= 0.6 is 22.9 Å². The Morgan fingerprint density at radius 2 is 2.38 bits per heavy atom. The maximum atomic E-state index is 6.08. The Hall–Kier alpha value is -0.810. The topological polar surface area (TPSA) is 28.4 Å². The van der Waals surface area contributed by atoms with Gasteiger partial charge in [0.25, 0.3) is 0 Å². The molecule has 0 bridgehead atoms. The fraction of sp³-hybridized carbons (Fsp3) is 0.500. The molecule has 1 fully saturated rings. The second kappa shape index (κ2) is 6.97. The van der Waals surface area contributed by atoms with Gasteiger partial charge < -0.3 is 14.6 Å². The first-order valence-corrected chi connectivity index (χ1v) is 8.70. The van der Waals surface area contributed by atoms with Gasteiger partial charge in [0, 0.05) is 18.0 Å². The van der Waals surface area contributed by atoms with Crippen LogP contribution in [0.1, 0.15) is 30.0 Å². The highest BCUT2D eigenvalue weighted by molar-refractivity contribution is 7.16. The summed E-state index contributed by atoms with van der Waals surface area (Å²) >= 11 is 7.70. The molecule has 21 heavy (non-hydrogen) atoms. The van der Waals surface area contributed by atoms with Crippen LogP contribution in [0.5, 0.6) is 0 Å². The highest BCUT2D eigenvalue weighted by Crippen LogP contribution is 2.31. The van der Waals surface area contributed by atoms with E-state index in [-0.39, 0.29) is 6.04 Å². The van der Waals surface area contributed by atoms with Gasteiger partial charge in [-0.2, -0.15) is 0 Å². The van der Waals surface area contributed by atoms with Crippen molar-refractivity contribution in [2.75, 3.05) is 26.2 Å². The number of nitrogens with one attached hydrogen (secondary N) is 1. The van der Waals surface area contributed by atoms with E-state index in [1.165, 1.54) is 24.4 Å². The van der Waals surface area contributed by atoms with Crippen molar-refractivity contribution < 1.29 is 4.42 Å². The number of nitrogens with zero attached hydrogens (tertiary/aromatic N) is 1. The van der Waals surface area contributed by atoms with E-state index in [1.807, 2.05) is 18.2 Å². The lowest BCUT2D eigenvalue weighted by Gasteiger charge is -2.19. The summed E-state index contributed by atoms with van der Waals surface area (Å²) in [4.78, 5) is 3.72. The second-order valence-electron chi connectivity index (χ2n) is 5.55. The summed E-state index contributed by atoms with van der Waals surface area (Å²) in [5.41, 5.74) is 0. The van der Waals surface area contributed by atoms with Crippen molar-refractivity contribution >= 4 is 22.9 Å². The summed E-state index contributed by atoms with van der Waals surface area (Å²) in [5, 5.41) is 3.67. The second-order valence-corrected chi connectivity index (χ2v) is 7.29. The molecule has 2 atom stereocenters. The van der Waals surface area contributed by atoms with E-state index in [0.717, 1.165) is 29.1 Å². The number of hydrogen-bond acceptors (Lipinski definition) is 4. The Balaban J connectivity index is 1.66. The SMILES string of the molecule is CCN1CCC(CNC(c2ccco2)c2ccc(Cl)s2)C1. The number of furan rings is 1. The molecule has 1 N–H and O–H groups in total. The van der Waals surface area contributed by atoms with Crippen LogP contribution in [-0.2, 0) is 0 Å². The first kappa shape index (κ1) is 15.1. The molecule has 0 radical (unpaired) electrons. The normalized spacial score (nSPS) is 21.0. The molecule has 3 heterocycles. The van der Waals surface area contributed by atoms with E-state index in [1.54, 1.807) is 17.6 Å². The van der Waals surface area contributed by atoms with Crippen molar-refractivity contribution in [2.45, 2.75) is 19.4 Å². The zero-order valence-electron chi connectivity index (χ0n) is 12.2. The first-order chi connectivity index (χ1) is 10.3. The lowest BCUT2D eigenvalue weighted by molar-refractivity contribution is 0.334. The molecule has 0 saturated carbocycles. The van der Waals surface area contributed by atoms with Crippen LogP contribution in [0.25, 0.3) is 0 Å². The number of hydrogen-bond donors (Lipinski definition) is 1. The van der Waals surface area contributed by atoms with E-state index < -0.39 is 0 Å². The minimum absolute atomic E-state index is 0.105. The number of thiophene rings is 1. The van der Waals surface area contributed by atoms with Crippen LogP contribution in [0, 0.1) is 5.92 Å². The molecule has 3 nitrogen and oxygen atoms in total. The van der Waals surface area contributed by atoms with Crippen LogP contribution in [0.3, 0.4) is 0 Å². The Bertz CT molecular complexity index is 554. The largest absolute Gasteiger partial charge is 0.467 e. The average molecular weight is 325 g/mol. The van der Waals surface area contributed by atoms with Gasteiger partial charge in [-0.25, -0.2) is 0 Å². The van der Waals surface area contributed by atoms with E-state index in [0.29, 0.717) is 0 Å². The Kier molecular flexibility index (Phi) is 5.01. The third-order valence-corrected chi connectivity index (χ3v) is 5.43. The molecule has 2 aromatic rings. The quantitative estimate of drug-likeness (QED) is 0.870. The number of rotatable bonds is 6. The Morgan fingerprint density at radius 1 is 1.48 bits per heavy atom. The molecular weight excluding hydrogens is 304 g/mol. The van der Waals surface area contributed by atoms with E-state index in [9.17, 15) is 0 Å². The highest BCUT2D eigenvalue weighted by Gasteiger charge is 2.24. The predicted molar refractivity (Wildman–Crippen MR) is 88.1 cm³/mol. The minimum atomic E-state index is 0.105. The third-order valence-electron chi connectivity index (χ3n) is 4.13. The van der Waals surface area contributed by atoms with Gasteiger partial charge in [0.05, 0.1) is 10.6 Å². The molecule has 3 rings (SSSR count). The molecule has 2 aromatic heterocycles. The highest BCUT2D eigenvalue weighted by atomic mass is 35.5. The van der Waals surface area contributed by atoms with Gasteiger partial charge in [-0.3, -0.25) is 0 Å². The monoisotopic (exact) mass is 324 g/mol. The smallest absolute Gasteiger partial charge is 0.126 e. The van der Waals surface area contributed by atoms with Gasteiger partial charge in [-0.15, -0.1) is 11.3 Å². The summed E-state index contributed by atoms with van der Waals surface area (Å²) in [6.45, 7) is 6.81. The van der Waals surface area contributed by atoms with Crippen molar-refractivity contribution in [2.24, 2.45) is 5.92 Å². The van der Waals surface area contributed by atoms with Crippen LogP contribution in [0.2, 0.25) is 4.34 Å². The van der Waals surface area contributed by atoms with Crippen LogP contribution in [0.4, 0.5) is 0 Å². The summed E-state index contributed by atoms with van der Waals surface area (Å²) in [5.74, 6) is 1.68. The van der Waals surface area contributed by atoms with Crippen molar-refractivity contribution in [3.05, 3.63) is 45.5 Å². The van der Waals surface area contributed by atoms with Gasteiger partial charge in [-0.05, 0) is 49.7 Å². The lowest BCUT2D eigenvalue weighted by atomic mass is 10.1. The molecule has 0 aliphatic carbocycles. The third kappa shape index (κ3) is 3.69. The summed E-state index contributed by atoms with van der Waals surface area (Å²) in [6.07, 6.45) is 3.00. The molecule has 5 heteroatoms. The Labute approximate surface area is 134 Å². The van der Waals surface area contributed by atoms with E-state index in [4.69, 9.17) is 16.0 Å². The van der Waals surface area contributed by atoms with Crippen molar-refractivity contribution in [3.8, 4) is 0 Å². The minimum Gasteiger partial charge on any atom is -0.467 e. The zero-order chi connectivity index (χ0) is 14.7. The van der Waals surface area contributed by atoms with Gasteiger partial charge >= 0.3 is 0 Å². The fourth-order valence-electron chi connectivity index (χ4n) is 2.93. The average Bonchev–Trinajstić information content (AvgIpc) is 3.21. The van der Waals surface area contributed by atoms with E-state index in [2.05, 4.69) is 23.2 Å². The molecule has 1 aliphatic rings. The summed E-state index contributed by atoms with van der Waals surface area (Å²) in [7, 11) is 0. The van der Waals surface area contributed by atoms with E-state index >= 15 is 0 Å². The fourth-order valence-corrected chi connectivity index (χ4v) is 4.08. The molecule has 0 aromatic carbocycles. The summed E-state index contributed by atoms with van der Waals surface area (Å²) in [6, 6.07) is 8.10. The molecule has 1 aliphatic heterocycles. The van der Waals surface area contributed by atoms with Crippen LogP contribution < -0.4 is 5.32 Å². The van der Waals surface area contributed by atoms with Gasteiger partial charge in [0.2, 0.25) is 0 Å². The van der Waals surface area contributed by atoms with Crippen LogP contribution in [0.15, 0.2) is 34.9 Å². The van der Waals surface area contributed by atoms with Gasteiger partial charge in [0.1, 0.15) is 11.8 Å². The van der Waals surface area contributed by atoms with Gasteiger partial charge in [0.15, 0.2) is 0 Å². The van der Waals surface area contributed by atoms with Crippen molar-refractivity contribution in [1.82, 2.24) is 10.2 Å². The maximum absolute atomic E-state index is 6.08. The van der Waals surface area contributed by atoms with Crippen LogP contribution in [-0.4, -0.2) is 31.1 Å². The van der Waals surface area contributed by atoms with Crippen molar-refractivity contribution in [3.63, 3.8) is 0 Å². The number of halogens is 1. The van der Waals surface area contributed by atoms with Crippen molar-refractivity contribution in [1.29, 1.82) is 0 Å². The number of likely N-dealkylation sites (tertiary alicyclic amines) is 1. The molecule has 2 unspecified atom stereocenters. The zero-order valence-corrected chi connectivity index (χ0v) is 13.8. The predicted octanol–water partition coefficient (Wildman–Crippen LogP) is 4.02. The van der Waals surface area contributed by atoms with Gasteiger partial charge in [-0.1, -0.05) is 18.5 Å². The lowest BCUT2D eigenvalue weighted by Crippen LogP contribution is -2.29.